The van der Waals surface area contributed by atoms with Crippen molar-refractivity contribution in [1.29, 1.82) is 0 Å². The molecular formula is C11H17N3O3. The van der Waals surface area contributed by atoms with E-state index in [0.29, 0.717) is 24.8 Å². The summed E-state index contributed by atoms with van der Waals surface area (Å²) < 4.78 is 10.6. The monoisotopic (exact) mass is 239 g/mol. The van der Waals surface area contributed by atoms with Crippen molar-refractivity contribution < 1.29 is 14.4 Å². The van der Waals surface area contributed by atoms with Crippen LogP contribution in [0.3, 0.4) is 0 Å². The maximum absolute atomic E-state index is 9.45. The fourth-order valence-corrected chi connectivity index (χ4v) is 2.42. The molecule has 2 N–H and O–H groups in total. The minimum Gasteiger partial charge on any atom is -0.392 e. The van der Waals surface area contributed by atoms with Gasteiger partial charge in [0.1, 0.15) is 0 Å². The Morgan fingerprint density at radius 3 is 2.82 bits per heavy atom. The van der Waals surface area contributed by atoms with Gasteiger partial charge in [0.05, 0.1) is 12.1 Å². The molecule has 0 aliphatic carbocycles. The number of ether oxygens (including phenoxy) is 1. The quantitative estimate of drug-likeness (QED) is 0.775. The van der Waals surface area contributed by atoms with Gasteiger partial charge in [0.25, 0.3) is 0 Å². The average molecular weight is 239 g/mol. The lowest BCUT2D eigenvalue weighted by Crippen LogP contribution is -2.16. The third-order valence-electron chi connectivity index (χ3n) is 3.45. The molecule has 0 amide bonds. The van der Waals surface area contributed by atoms with E-state index in [1.807, 2.05) is 0 Å². The summed E-state index contributed by atoms with van der Waals surface area (Å²) in [5.41, 5.74) is 0. The Bertz CT molecular complexity index is 357. The number of nitrogens with zero attached hydrogens (tertiary/aromatic N) is 2. The molecule has 0 bridgehead atoms. The van der Waals surface area contributed by atoms with E-state index in [2.05, 4.69) is 15.5 Å². The number of hydrogen-bond acceptors (Lipinski definition) is 6. The molecule has 2 saturated heterocycles. The van der Waals surface area contributed by atoms with E-state index in [1.165, 1.54) is 0 Å². The van der Waals surface area contributed by atoms with Gasteiger partial charge in [0.15, 0.2) is 5.82 Å². The standard InChI is InChI=1S/C11H17N3O3/c15-8-5-9(12-6-8)11-13-10(14-17-11)7-1-3-16-4-2-7/h7-9,12,15H,1-6H2. The van der Waals surface area contributed by atoms with Crippen LogP contribution in [0.25, 0.3) is 0 Å². The third-order valence-corrected chi connectivity index (χ3v) is 3.45. The molecule has 0 radical (unpaired) electrons. The largest absolute Gasteiger partial charge is 0.392 e. The molecule has 0 saturated carbocycles. The number of aliphatic hydroxyl groups is 1. The molecule has 94 valence electrons. The lowest BCUT2D eigenvalue weighted by Gasteiger charge is -2.18. The average Bonchev–Trinajstić information content (AvgIpc) is 2.98. The highest BCUT2D eigenvalue weighted by Crippen LogP contribution is 2.27. The second-order valence-corrected chi connectivity index (χ2v) is 4.73. The molecule has 3 heterocycles. The first-order valence-electron chi connectivity index (χ1n) is 6.15. The van der Waals surface area contributed by atoms with Gasteiger partial charge in [-0.05, 0) is 19.3 Å². The van der Waals surface area contributed by atoms with Crippen molar-refractivity contribution in [2.24, 2.45) is 0 Å². The molecule has 17 heavy (non-hydrogen) atoms. The number of aromatic nitrogens is 2. The van der Waals surface area contributed by atoms with Gasteiger partial charge in [-0.3, -0.25) is 0 Å². The maximum Gasteiger partial charge on any atom is 0.243 e. The molecule has 2 aliphatic heterocycles. The first-order valence-corrected chi connectivity index (χ1v) is 6.15. The first kappa shape index (κ1) is 11.1. The van der Waals surface area contributed by atoms with Crippen LogP contribution >= 0.6 is 0 Å². The third kappa shape index (κ3) is 2.34. The number of β-amino-alcohol motifs (C(OH)–C–C–N with tert-alkyl or cyclic N) is 1. The zero-order valence-corrected chi connectivity index (χ0v) is 9.63. The van der Waals surface area contributed by atoms with Crippen molar-refractivity contribution in [3.8, 4) is 0 Å². The van der Waals surface area contributed by atoms with Crippen molar-refractivity contribution in [3.63, 3.8) is 0 Å². The summed E-state index contributed by atoms with van der Waals surface area (Å²) in [6.07, 6.45) is 2.26. The van der Waals surface area contributed by atoms with Gasteiger partial charge in [-0.1, -0.05) is 5.16 Å². The lowest BCUT2D eigenvalue weighted by molar-refractivity contribution is 0.0830. The Hall–Kier alpha value is -0.980. The number of aliphatic hydroxyl groups excluding tert-OH is 1. The summed E-state index contributed by atoms with van der Waals surface area (Å²) in [6.45, 7) is 2.14. The maximum atomic E-state index is 9.45. The number of hydrogen-bond donors (Lipinski definition) is 2. The molecule has 2 aliphatic rings. The molecule has 1 aromatic rings. The molecule has 2 atom stereocenters. The van der Waals surface area contributed by atoms with Gasteiger partial charge in [-0.2, -0.15) is 4.98 Å². The van der Waals surface area contributed by atoms with Gasteiger partial charge >= 0.3 is 0 Å². The summed E-state index contributed by atoms with van der Waals surface area (Å²) in [6, 6.07) is 0.00564. The van der Waals surface area contributed by atoms with Crippen LogP contribution in [-0.2, 0) is 4.74 Å². The van der Waals surface area contributed by atoms with E-state index in [-0.39, 0.29) is 12.1 Å². The Labute approximate surface area is 99.3 Å². The summed E-state index contributed by atoms with van der Waals surface area (Å²) >= 11 is 0. The number of nitrogens with one attached hydrogen (secondary N) is 1. The van der Waals surface area contributed by atoms with Gasteiger partial charge in [-0.15, -0.1) is 0 Å². The van der Waals surface area contributed by atoms with E-state index in [4.69, 9.17) is 9.26 Å². The van der Waals surface area contributed by atoms with Crippen LogP contribution in [0.5, 0.6) is 0 Å². The van der Waals surface area contributed by atoms with E-state index >= 15 is 0 Å². The molecule has 1 aromatic heterocycles. The first-order chi connectivity index (χ1) is 8.33. The molecule has 6 heteroatoms. The zero-order chi connectivity index (χ0) is 11.7. The molecule has 2 fully saturated rings. The Kier molecular flexibility index (Phi) is 3.09. The smallest absolute Gasteiger partial charge is 0.243 e. The lowest BCUT2D eigenvalue weighted by atomic mass is 10.00. The fraction of sp³-hybridized carbons (Fsp3) is 0.818. The van der Waals surface area contributed by atoms with Gasteiger partial charge in [0, 0.05) is 25.7 Å². The van der Waals surface area contributed by atoms with Gasteiger partial charge < -0.3 is 19.7 Å². The highest BCUT2D eigenvalue weighted by Gasteiger charge is 2.29. The van der Waals surface area contributed by atoms with Crippen LogP contribution < -0.4 is 5.32 Å². The van der Waals surface area contributed by atoms with E-state index < -0.39 is 0 Å². The topological polar surface area (TPSA) is 80.4 Å². The van der Waals surface area contributed by atoms with Crippen molar-refractivity contribution in [2.45, 2.75) is 37.3 Å². The summed E-state index contributed by atoms with van der Waals surface area (Å²) in [5, 5.41) is 16.7. The Balaban J connectivity index is 1.69. The second kappa shape index (κ2) is 4.72. The zero-order valence-electron chi connectivity index (χ0n) is 9.63. The summed E-state index contributed by atoms with van der Waals surface area (Å²) in [4.78, 5) is 4.44. The minimum absolute atomic E-state index is 0.00564. The normalized spacial score (nSPS) is 30.9. The molecule has 0 aromatic carbocycles. The minimum atomic E-state index is -0.307. The molecular weight excluding hydrogens is 222 g/mol. The SMILES string of the molecule is OC1CNC(c2nc(C3CCOCC3)no2)C1. The predicted molar refractivity (Wildman–Crippen MR) is 58.5 cm³/mol. The van der Waals surface area contributed by atoms with Crippen LogP contribution in [0.4, 0.5) is 0 Å². The van der Waals surface area contributed by atoms with Crippen molar-refractivity contribution >= 4 is 0 Å². The van der Waals surface area contributed by atoms with Crippen LogP contribution in [-0.4, -0.2) is 41.1 Å². The molecule has 3 rings (SSSR count). The van der Waals surface area contributed by atoms with Crippen molar-refractivity contribution in [1.82, 2.24) is 15.5 Å². The Morgan fingerprint density at radius 1 is 1.29 bits per heavy atom. The van der Waals surface area contributed by atoms with Crippen LogP contribution in [0, 0.1) is 0 Å². The van der Waals surface area contributed by atoms with E-state index in [9.17, 15) is 5.11 Å². The van der Waals surface area contributed by atoms with Crippen LogP contribution in [0.1, 0.15) is 42.9 Å². The van der Waals surface area contributed by atoms with Gasteiger partial charge in [0.2, 0.25) is 5.89 Å². The molecule has 2 unspecified atom stereocenters. The molecule has 0 spiro atoms. The second-order valence-electron chi connectivity index (χ2n) is 4.73. The highest BCUT2D eigenvalue weighted by molar-refractivity contribution is 5.01. The van der Waals surface area contributed by atoms with Crippen LogP contribution in [0.2, 0.25) is 0 Å². The van der Waals surface area contributed by atoms with Crippen molar-refractivity contribution in [2.75, 3.05) is 19.8 Å². The predicted octanol–water partition coefficient (Wildman–Crippen LogP) is 0.359. The number of rotatable bonds is 2. The fourth-order valence-electron chi connectivity index (χ4n) is 2.42. The van der Waals surface area contributed by atoms with Gasteiger partial charge in [-0.25, -0.2) is 0 Å². The van der Waals surface area contributed by atoms with Crippen molar-refractivity contribution in [3.05, 3.63) is 11.7 Å². The summed E-state index contributed by atoms with van der Waals surface area (Å²) in [7, 11) is 0. The van der Waals surface area contributed by atoms with Crippen LogP contribution in [0.15, 0.2) is 4.52 Å². The highest BCUT2D eigenvalue weighted by atomic mass is 16.5. The Morgan fingerprint density at radius 2 is 2.12 bits per heavy atom. The molecule has 6 nitrogen and oxygen atoms in total. The summed E-state index contributed by atoms with van der Waals surface area (Å²) in [5.74, 6) is 1.74. The van der Waals surface area contributed by atoms with E-state index in [0.717, 1.165) is 31.9 Å². The van der Waals surface area contributed by atoms with E-state index in [1.54, 1.807) is 0 Å².